The Morgan fingerprint density at radius 1 is 1.11 bits per heavy atom. The lowest BCUT2D eigenvalue weighted by atomic mass is 10.2. The number of nitrogens with one attached hydrogen (secondary N) is 1. The van der Waals surface area contributed by atoms with Crippen molar-refractivity contribution in [3.05, 3.63) is 76.6 Å². The first-order valence-electron chi connectivity index (χ1n) is 8.14. The first-order chi connectivity index (χ1) is 12.8. The molecule has 1 amide bonds. The largest absolute Gasteiger partial charge is 0.321 e. The van der Waals surface area contributed by atoms with Gasteiger partial charge in [0.15, 0.2) is 9.84 Å². The fraction of sp³-hybridized carbons (Fsp3) is 0.158. The number of benzene rings is 2. The van der Waals surface area contributed by atoms with Crippen LogP contribution in [0.3, 0.4) is 0 Å². The molecule has 0 aliphatic rings. The first-order valence-corrected chi connectivity index (χ1v) is 10.4. The normalized spacial score (nSPS) is 11.4. The van der Waals surface area contributed by atoms with E-state index in [2.05, 4.69) is 10.4 Å². The third-order valence-corrected chi connectivity index (χ3v) is 5.54. The van der Waals surface area contributed by atoms with Crippen LogP contribution in [0.1, 0.15) is 21.6 Å². The van der Waals surface area contributed by atoms with Gasteiger partial charge < -0.3 is 5.32 Å². The summed E-state index contributed by atoms with van der Waals surface area (Å²) < 4.78 is 25.4. The average Bonchev–Trinajstić information content (AvgIpc) is 2.89. The van der Waals surface area contributed by atoms with E-state index in [1.165, 1.54) is 12.1 Å². The van der Waals surface area contributed by atoms with Crippen molar-refractivity contribution < 1.29 is 13.2 Å². The zero-order chi connectivity index (χ0) is 19.6. The Labute approximate surface area is 162 Å². The Morgan fingerprint density at radius 3 is 2.41 bits per heavy atom. The van der Waals surface area contributed by atoms with Gasteiger partial charge >= 0.3 is 0 Å². The maximum absolute atomic E-state index is 12.8. The molecular formula is C19H18ClN3O3S. The highest BCUT2D eigenvalue weighted by Gasteiger charge is 2.22. The molecule has 8 heteroatoms. The van der Waals surface area contributed by atoms with Crippen LogP contribution in [0.25, 0.3) is 0 Å². The van der Waals surface area contributed by atoms with Crippen molar-refractivity contribution in [2.45, 2.75) is 18.4 Å². The van der Waals surface area contributed by atoms with Gasteiger partial charge in [0.1, 0.15) is 5.15 Å². The number of nitrogens with zero attached hydrogens (tertiary/aromatic N) is 2. The molecule has 6 nitrogen and oxygen atoms in total. The quantitative estimate of drug-likeness (QED) is 0.706. The van der Waals surface area contributed by atoms with E-state index in [9.17, 15) is 13.2 Å². The van der Waals surface area contributed by atoms with Gasteiger partial charge in [0.25, 0.3) is 5.91 Å². The second-order valence-electron chi connectivity index (χ2n) is 6.12. The predicted molar refractivity (Wildman–Crippen MR) is 105 cm³/mol. The fourth-order valence-electron chi connectivity index (χ4n) is 2.75. The van der Waals surface area contributed by atoms with Gasteiger partial charge in [-0.1, -0.05) is 54.1 Å². The minimum atomic E-state index is -3.49. The molecule has 1 N–H and O–H groups in total. The molecular weight excluding hydrogens is 386 g/mol. The van der Waals surface area contributed by atoms with Crippen LogP contribution >= 0.6 is 11.6 Å². The van der Waals surface area contributed by atoms with Gasteiger partial charge in [0.2, 0.25) is 0 Å². The summed E-state index contributed by atoms with van der Waals surface area (Å²) in [6.07, 6.45) is 1.09. The van der Waals surface area contributed by atoms with E-state index in [0.29, 0.717) is 12.2 Å². The summed E-state index contributed by atoms with van der Waals surface area (Å²) in [5.41, 5.74) is 1.88. The fourth-order valence-corrected chi connectivity index (χ4v) is 3.91. The summed E-state index contributed by atoms with van der Waals surface area (Å²) in [6.45, 7) is 2.11. The molecule has 0 saturated heterocycles. The summed E-state index contributed by atoms with van der Waals surface area (Å²) in [7, 11) is -3.49. The van der Waals surface area contributed by atoms with E-state index in [4.69, 9.17) is 11.6 Å². The van der Waals surface area contributed by atoms with Crippen LogP contribution in [0, 0.1) is 6.92 Å². The minimum Gasteiger partial charge on any atom is -0.321 e. The van der Waals surface area contributed by atoms with Gasteiger partial charge in [-0.25, -0.2) is 13.1 Å². The molecule has 0 spiro atoms. The van der Waals surface area contributed by atoms with E-state index < -0.39 is 15.7 Å². The van der Waals surface area contributed by atoms with E-state index in [1.807, 2.05) is 30.3 Å². The van der Waals surface area contributed by atoms with Crippen LogP contribution < -0.4 is 5.32 Å². The SMILES string of the molecule is Cc1nn(Cc2ccccc2)c(Cl)c1C(=O)Nc1ccccc1S(C)(=O)=O. The van der Waals surface area contributed by atoms with Gasteiger partial charge in [0, 0.05) is 6.26 Å². The van der Waals surface area contributed by atoms with Crippen molar-refractivity contribution in [2.75, 3.05) is 11.6 Å². The molecule has 3 rings (SSSR count). The monoisotopic (exact) mass is 403 g/mol. The van der Waals surface area contributed by atoms with E-state index in [1.54, 1.807) is 23.7 Å². The third-order valence-electron chi connectivity index (χ3n) is 4.00. The second kappa shape index (κ2) is 7.54. The van der Waals surface area contributed by atoms with Crippen molar-refractivity contribution in [3.8, 4) is 0 Å². The Bertz CT molecular complexity index is 1090. The molecule has 1 aromatic heterocycles. The molecule has 0 unspecified atom stereocenters. The zero-order valence-electron chi connectivity index (χ0n) is 14.8. The van der Waals surface area contributed by atoms with E-state index in [0.717, 1.165) is 11.8 Å². The number of rotatable bonds is 5. The number of carbonyl (C=O) groups is 1. The van der Waals surface area contributed by atoms with E-state index in [-0.39, 0.29) is 21.3 Å². The highest BCUT2D eigenvalue weighted by Crippen LogP contribution is 2.25. The average molecular weight is 404 g/mol. The molecule has 3 aromatic rings. The third kappa shape index (κ3) is 4.20. The van der Waals surface area contributed by atoms with Crippen LogP contribution in [0.15, 0.2) is 59.5 Å². The molecule has 0 saturated carbocycles. The Hall–Kier alpha value is -2.64. The lowest BCUT2D eigenvalue weighted by molar-refractivity contribution is 0.102. The number of amides is 1. The molecule has 0 aliphatic carbocycles. The van der Waals surface area contributed by atoms with Gasteiger partial charge in [0.05, 0.1) is 28.4 Å². The van der Waals surface area contributed by atoms with Crippen molar-refractivity contribution in [3.63, 3.8) is 0 Å². The number of aromatic nitrogens is 2. The number of carbonyl (C=O) groups excluding carboxylic acids is 1. The number of aryl methyl sites for hydroxylation is 1. The lowest BCUT2D eigenvalue weighted by Crippen LogP contribution is -2.15. The van der Waals surface area contributed by atoms with Crippen molar-refractivity contribution in [2.24, 2.45) is 0 Å². The van der Waals surface area contributed by atoms with Gasteiger partial charge in [-0.15, -0.1) is 0 Å². The van der Waals surface area contributed by atoms with Gasteiger partial charge in [-0.2, -0.15) is 5.10 Å². The highest BCUT2D eigenvalue weighted by atomic mass is 35.5. The number of sulfone groups is 1. The Morgan fingerprint density at radius 2 is 1.74 bits per heavy atom. The molecule has 27 heavy (non-hydrogen) atoms. The van der Waals surface area contributed by atoms with Crippen LogP contribution in [-0.4, -0.2) is 30.4 Å². The van der Waals surface area contributed by atoms with Crippen molar-refractivity contribution in [1.29, 1.82) is 0 Å². The number of halogens is 1. The molecule has 1 heterocycles. The number of hydrogen-bond donors (Lipinski definition) is 1. The summed E-state index contributed by atoms with van der Waals surface area (Å²) >= 11 is 6.39. The molecule has 0 fully saturated rings. The topological polar surface area (TPSA) is 81.1 Å². The second-order valence-corrected chi connectivity index (χ2v) is 8.46. The number of hydrogen-bond acceptors (Lipinski definition) is 4. The first kappa shape index (κ1) is 19.1. The van der Waals surface area contributed by atoms with Crippen molar-refractivity contribution in [1.82, 2.24) is 9.78 Å². The summed E-state index contributed by atoms with van der Waals surface area (Å²) in [5, 5.41) is 7.18. The summed E-state index contributed by atoms with van der Waals surface area (Å²) in [4.78, 5) is 12.8. The number of anilines is 1. The predicted octanol–water partition coefficient (Wildman–Crippen LogP) is 3.55. The maximum atomic E-state index is 12.8. The lowest BCUT2D eigenvalue weighted by Gasteiger charge is -2.09. The van der Waals surface area contributed by atoms with Crippen LogP contribution in [0.4, 0.5) is 5.69 Å². The van der Waals surface area contributed by atoms with Crippen LogP contribution in [-0.2, 0) is 16.4 Å². The molecule has 140 valence electrons. The molecule has 0 aliphatic heterocycles. The van der Waals surface area contributed by atoms with E-state index >= 15 is 0 Å². The molecule has 2 aromatic carbocycles. The summed E-state index contributed by atoms with van der Waals surface area (Å²) in [6, 6.07) is 15.8. The smallest absolute Gasteiger partial charge is 0.260 e. The Balaban J connectivity index is 1.91. The zero-order valence-corrected chi connectivity index (χ0v) is 16.4. The van der Waals surface area contributed by atoms with Crippen LogP contribution in [0.2, 0.25) is 5.15 Å². The molecule has 0 radical (unpaired) electrons. The standard InChI is InChI=1S/C19H18ClN3O3S/c1-13-17(18(20)23(22-13)12-14-8-4-3-5-9-14)19(24)21-15-10-6-7-11-16(15)27(2,25)26/h3-11H,12H2,1-2H3,(H,21,24). The van der Waals surface area contributed by atoms with Gasteiger partial charge in [-0.05, 0) is 24.6 Å². The maximum Gasteiger partial charge on any atom is 0.260 e. The number of para-hydroxylation sites is 1. The van der Waals surface area contributed by atoms with Crippen molar-refractivity contribution >= 4 is 33.0 Å². The van der Waals surface area contributed by atoms with Gasteiger partial charge in [-0.3, -0.25) is 4.79 Å². The minimum absolute atomic E-state index is 0.0452. The molecule has 0 bridgehead atoms. The highest BCUT2D eigenvalue weighted by molar-refractivity contribution is 7.90. The summed E-state index contributed by atoms with van der Waals surface area (Å²) in [5.74, 6) is -0.507. The molecule has 0 atom stereocenters. The van der Waals surface area contributed by atoms with Crippen LogP contribution in [0.5, 0.6) is 0 Å². The Kier molecular flexibility index (Phi) is 5.34.